The predicted molar refractivity (Wildman–Crippen MR) is 88.2 cm³/mol. The van der Waals surface area contributed by atoms with Gasteiger partial charge in [0.15, 0.2) is 5.92 Å². The lowest BCUT2D eigenvalue weighted by Gasteiger charge is -2.21. The maximum atomic E-state index is 12.7. The van der Waals surface area contributed by atoms with E-state index in [9.17, 15) is 25.0 Å². The maximum Gasteiger partial charge on any atom is 0.339 e. The summed E-state index contributed by atoms with van der Waals surface area (Å²) in [6.45, 7) is 1.97. The van der Waals surface area contributed by atoms with E-state index in [1.165, 1.54) is 4.57 Å². The van der Waals surface area contributed by atoms with Crippen molar-refractivity contribution in [3.05, 3.63) is 49.8 Å². The minimum atomic E-state index is -1.53. The van der Waals surface area contributed by atoms with Crippen LogP contribution in [0.4, 0.5) is 5.69 Å². The van der Waals surface area contributed by atoms with E-state index >= 15 is 0 Å². The van der Waals surface area contributed by atoms with Crippen LogP contribution in [0.15, 0.2) is 23.0 Å². The third kappa shape index (κ3) is 2.54. The first kappa shape index (κ1) is 16.6. The van der Waals surface area contributed by atoms with Crippen LogP contribution in [0.25, 0.3) is 10.9 Å². The largest absolute Gasteiger partial charge is 0.465 e. The number of nitrogens with zero attached hydrogens (tertiary/aromatic N) is 3. The van der Waals surface area contributed by atoms with Gasteiger partial charge in [-0.2, -0.15) is 5.26 Å². The summed E-state index contributed by atoms with van der Waals surface area (Å²) in [7, 11) is 0. The van der Waals surface area contributed by atoms with Crippen LogP contribution in [0.1, 0.15) is 30.4 Å². The Hall–Kier alpha value is -3.21. The first-order chi connectivity index (χ1) is 12.0. The Kier molecular flexibility index (Phi) is 4.23. The van der Waals surface area contributed by atoms with Crippen LogP contribution in [0.5, 0.6) is 0 Å². The van der Waals surface area contributed by atoms with Gasteiger partial charge in [-0.05, 0) is 25.3 Å². The Bertz CT molecular complexity index is 986. The van der Waals surface area contributed by atoms with E-state index in [1.54, 1.807) is 25.1 Å². The van der Waals surface area contributed by atoms with Crippen molar-refractivity contribution in [3.8, 4) is 6.07 Å². The number of rotatable bonds is 4. The monoisotopic (exact) mass is 341 g/mol. The molecule has 3 rings (SSSR count). The number of nitro groups is 1. The molecule has 1 aliphatic rings. The summed E-state index contributed by atoms with van der Waals surface area (Å²) >= 11 is 0. The van der Waals surface area contributed by atoms with E-state index in [0.29, 0.717) is 23.9 Å². The van der Waals surface area contributed by atoms with Crippen molar-refractivity contribution in [1.82, 2.24) is 4.57 Å². The summed E-state index contributed by atoms with van der Waals surface area (Å²) in [5.74, 6) is -2.42. The quantitative estimate of drug-likeness (QED) is 0.477. The second-order valence-corrected chi connectivity index (χ2v) is 5.71. The van der Waals surface area contributed by atoms with Gasteiger partial charge in [-0.25, -0.2) is 0 Å². The first-order valence-corrected chi connectivity index (χ1v) is 7.90. The fourth-order valence-corrected chi connectivity index (χ4v) is 3.37. The molecule has 8 heteroatoms. The number of esters is 1. The van der Waals surface area contributed by atoms with Crippen LogP contribution < -0.4 is 5.56 Å². The van der Waals surface area contributed by atoms with Gasteiger partial charge < -0.3 is 9.30 Å². The molecule has 1 aliphatic heterocycles. The number of pyridine rings is 1. The Labute approximate surface area is 142 Å². The zero-order chi connectivity index (χ0) is 18.1. The molecule has 1 atom stereocenters. The van der Waals surface area contributed by atoms with Crippen molar-refractivity contribution in [2.75, 3.05) is 6.61 Å². The fraction of sp³-hybridized carbons (Fsp3) is 0.353. The van der Waals surface area contributed by atoms with Crippen LogP contribution in [0, 0.1) is 21.4 Å². The molecule has 1 aromatic carbocycles. The van der Waals surface area contributed by atoms with Gasteiger partial charge in [-0.1, -0.05) is 18.2 Å². The van der Waals surface area contributed by atoms with Crippen molar-refractivity contribution < 1.29 is 14.5 Å². The molecule has 1 aromatic heterocycles. The highest BCUT2D eigenvalue weighted by molar-refractivity contribution is 5.95. The molecule has 2 heterocycles. The van der Waals surface area contributed by atoms with Gasteiger partial charge >= 0.3 is 17.2 Å². The zero-order valence-corrected chi connectivity index (χ0v) is 13.5. The Morgan fingerprint density at radius 2 is 2.28 bits per heavy atom. The van der Waals surface area contributed by atoms with E-state index < -0.39 is 28.1 Å². The number of hydrogen-bond donors (Lipinski definition) is 0. The van der Waals surface area contributed by atoms with E-state index in [1.807, 2.05) is 6.07 Å². The molecule has 0 radical (unpaired) electrons. The number of nitriles is 1. The van der Waals surface area contributed by atoms with E-state index in [2.05, 4.69) is 0 Å². The Morgan fingerprint density at radius 3 is 2.92 bits per heavy atom. The molecule has 25 heavy (non-hydrogen) atoms. The van der Waals surface area contributed by atoms with Gasteiger partial charge in [0.05, 0.1) is 28.7 Å². The number of benzene rings is 1. The van der Waals surface area contributed by atoms with E-state index in [0.717, 1.165) is 12.0 Å². The molecule has 0 spiro atoms. The molecular weight excluding hydrogens is 326 g/mol. The standard InChI is InChI=1S/C17H15N3O5/c1-2-25-17(22)12(9-18)13-11-7-3-5-10-6-4-8-19(14(10)11)16(21)15(13)20(23)24/h3,5,7,12H,2,4,6,8H2,1H3/t12-/m0/s1. The molecule has 0 amide bonds. The van der Waals surface area contributed by atoms with Gasteiger partial charge in [0.25, 0.3) is 0 Å². The summed E-state index contributed by atoms with van der Waals surface area (Å²) in [6.07, 6.45) is 1.42. The fourth-order valence-electron chi connectivity index (χ4n) is 3.37. The number of aromatic nitrogens is 1. The Balaban J connectivity index is 2.46. The van der Waals surface area contributed by atoms with E-state index in [4.69, 9.17) is 4.74 Å². The summed E-state index contributed by atoms with van der Waals surface area (Å²) in [5.41, 5.74) is -0.261. The van der Waals surface area contributed by atoms with Crippen LogP contribution in [-0.2, 0) is 22.5 Å². The van der Waals surface area contributed by atoms with Gasteiger partial charge in [0, 0.05) is 11.9 Å². The van der Waals surface area contributed by atoms with Gasteiger partial charge in [0.2, 0.25) is 0 Å². The summed E-state index contributed by atoms with van der Waals surface area (Å²) in [6, 6.07) is 6.93. The third-order valence-corrected chi connectivity index (χ3v) is 4.33. The van der Waals surface area contributed by atoms with Crippen LogP contribution in [-0.4, -0.2) is 22.1 Å². The lowest BCUT2D eigenvalue weighted by molar-refractivity contribution is -0.387. The number of hydrogen-bond acceptors (Lipinski definition) is 6. The smallest absolute Gasteiger partial charge is 0.339 e. The lowest BCUT2D eigenvalue weighted by Crippen LogP contribution is -2.29. The predicted octanol–water partition coefficient (Wildman–Crippen LogP) is 2.03. The average Bonchev–Trinajstić information content (AvgIpc) is 2.59. The summed E-state index contributed by atoms with van der Waals surface area (Å²) < 4.78 is 6.25. The number of ether oxygens (including phenoxy) is 1. The van der Waals surface area contributed by atoms with Crippen LogP contribution in [0.2, 0.25) is 0 Å². The van der Waals surface area contributed by atoms with Crippen molar-refractivity contribution in [3.63, 3.8) is 0 Å². The number of carbonyl (C=O) groups excluding carboxylic acids is 1. The van der Waals surface area contributed by atoms with Gasteiger partial charge in [-0.3, -0.25) is 19.7 Å². The highest BCUT2D eigenvalue weighted by Crippen LogP contribution is 2.35. The molecule has 0 aliphatic carbocycles. The van der Waals surface area contributed by atoms with Crippen molar-refractivity contribution >= 4 is 22.6 Å². The molecule has 0 N–H and O–H groups in total. The van der Waals surface area contributed by atoms with Crippen molar-refractivity contribution in [2.24, 2.45) is 0 Å². The van der Waals surface area contributed by atoms with E-state index in [-0.39, 0.29) is 12.2 Å². The molecule has 0 fully saturated rings. The topological polar surface area (TPSA) is 115 Å². The molecule has 0 unspecified atom stereocenters. The molecule has 0 saturated heterocycles. The second-order valence-electron chi connectivity index (χ2n) is 5.71. The number of aryl methyl sites for hydroxylation is 2. The highest BCUT2D eigenvalue weighted by atomic mass is 16.6. The number of para-hydroxylation sites is 1. The number of carbonyl (C=O) groups is 1. The second kappa shape index (κ2) is 6.36. The van der Waals surface area contributed by atoms with Gasteiger partial charge in [0.1, 0.15) is 0 Å². The molecule has 128 valence electrons. The molecular formula is C17H15N3O5. The molecule has 0 bridgehead atoms. The SMILES string of the molecule is CCOC(=O)[C@@H](C#N)c1c([N+](=O)[O-])c(=O)n2c3c(cccc13)CCC2. The van der Waals surface area contributed by atoms with Crippen LogP contribution in [0.3, 0.4) is 0 Å². The maximum absolute atomic E-state index is 12.7. The zero-order valence-electron chi connectivity index (χ0n) is 13.5. The average molecular weight is 341 g/mol. The van der Waals surface area contributed by atoms with Crippen LogP contribution >= 0.6 is 0 Å². The molecule has 2 aromatic rings. The minimum Gasteiger partial charge on any atom is -0.465 e. The third-order valence-electron chi connectivity index (χ3n) is 4.33. The molecule has 0 saturated carbocycles. The summed E-state index contributed by atoms with van der Waals surface area (Å²) in [5, 5.41) is 21.4. The van der Waals surface area contributed by atoms with Crippen molar-refractivity contribution in [2.45, 2.75) is 32.2 Å². The lowest BCUT2D eigenvalue weighted by atomic mass is 9.91. The highest BCUT2D eigenvalue weighted by Gasteiger charge is 2.36. The normalized spacial score (nSPS) is 13.9. The van der Waals surface area contributed by atoms with Gasteiger partial charge in [-0.15, -0.1) is 0 Å². The Morgan fingerprint density at radius 1 is 1.52 bits per heavy atom. The van der Waals surface area contributed by atoms with Crippen molar-refractivity contribution in [1.29, 1.82) is 5.26 Å². The summed E-state index contributed by atoms with van der Waals surface area (Å²) in [4.78, 5) is 35.7. The molecule has 8 nitrogen and oxygen atoms in total. The first-order valence-electron chi connectivity index (χ1n) is 7.90. The minimum absolute atomic E-state index is 0.0328.